The number of anilines is 2. The Labute approximate surface area is 133 Å². The Bertz CT molecular complexity index is 890. The van der Waals surface area contributed by atoms with Crippen molar-refractivity contribution in [2.75, 3.05) is 12.4 Å². The highest BCUT2D eigenvalue weighted by molar-refractivity contribution is 5.63. The van der Waals surface area contributed by atoms with Crippen molar-refractivity contribution < 1.29 is 0 Å². The average Bonchev–Trinajstić information content (AvgIpc) is 3.01. The Morgan fingerprint density at radius 3 is 2.83 bits per heavy atom. The van der Waals surface area contributed by atoms with Gasteiger partial charge in [-0.2, -0.15) is 5.10 Å². The van der Waals surface area contributed by atoms with Gasteiger partial charge in [-0.05, 0) is 12.1 Å². The second kappa shape index (κ2) is 6.27. The summed E-state index contributed by atoms with van der Waals surface area (Å²) in [5, 5.41) is 7.41. The first-order valence-corrected chi connectivity index (χ1v) is 7.05. The van der Waals surface area contributed by atoms with Gasteiger partial charge in [0.05, 0.1) is 23.8 Å². The van der Waals surface area contributed by atoms with E-state index in [1.165, 1.54) is 0 Å². The topological polar surface area (TPSA) is 72.9 Å². The van der Waals surface area contributed by atoms with E-state index in [1.807, 2.05) is 36.1 Å². The van der Waals surface area contributed by atoms with Gasteiger partial charge in [-0.3, -0.25) is 19.2 Å². The molecule has 1 N–H and O–H groups in total. The summed E-state index contributed by atoms with van der Waals surface area (Å²) in [4.78, 5) is 12.8. The van der Waals surface area contributed by atoms with Crippen LogP contribution in [0, 0.1) is 0 Å². The summed E-state index contributed by atoms with van der Waals surface area (Å²) >= 11 is 0. The van der Waals surface area contributed by atoms with Gasteiger partial charge in [-0.15, -0.1) is 0 Å². The fraction of sp³-hybridized carbons (Fsp3) is 0.125. The number of nitrogens with zero attached hydrogens (tertiary/aromatic N) is 6. The molecular weight excluding hydrogens is 290 g/mol. The molecule has 3 aromatic rings. The third kappa shape index (κ3) is 3.03. The lowest BCUT2D eigenvalue weighted by Gasteiger charge is -2.12. The molecule has 0 aliphatic rings. The molecule has 0 atom stereocenters. The van der Waals surface area contributed by atoms with E-state index in [2.05, 4.69) is 32.0 Å². The van der Waals surface area contributed by atoms with Crippen molar-refractivity contribution in [3.8, 4) is 0 Å². The molecule has 0 unspecified atom stereocenters. The van der Waals surface area contributed by atoms with E-state index >= 15 is 0 Å². The minimum absolute atomic E-state index is 0.632. The van der Waals surface area contributed by atoms with Crippen LogP contribution < -0.4 is 10.8 Å². The molecule has 0 bridgehead atoms. The first-order chi connectivity index (χ1) is 11.2. The fourth-order valence-electron chi connectivity index (χ4n) is 2.22. The van der Waals surface area contributed by atoms with E-state index in [0.29, 0.717) is 11.3 Å². The predicted octanol–water partition coefficient (Wildman–Crippen LogP) is 1.80. The molecule has 0 aliphatic carbocycles. The molecule has 0 radical (unpaired) electrons. The van der Waals surface area contributed by atoms with Gasteiger partial charge in [0.1, 0.15) is 0 Å². The number of rotatable bonds is 4. The number of pyridine rings is 1. The second-order valence-electron chi connectivity index (χ2n) is 4.91. The van der Waals surface area contributed by atoms with Crippen LogP contribution in [-0.2, 0) is 7.05 Å². The fourth-order valence-corrected chi connectivity index (χ4v) is 2.22. The zero-order valence-electron chi connectivity index (χ0n) is 13.0. The SMILES string of the molecule is C=C(c1cnn(C)c1)n1ccnc(Nc2cccnc2)c1=NC. The molecule has 23 heavy (non-hydrogen) atoms. The molecule has 3 rings (SSSR count). The molecule has 0 amide bonds. The maximum Gasteiger partial charge on any atom is 0.175 e. The number of hydrogen-bond donors (Lipinski definition) is 1. The summed E-state index contributed by atoms with van der Waals surface area (Å²) < 4.78 is 3.61. The van der Waals surface area contributed by atoms with Gasteiger partial charge < -0.3 is 5.32 Å². The van der Waals surface area contributed by atoms with Crippen molar-refractivity contribution >= 4 is 17.2 Å². The third-order valence-electron chi connectivity index (χ3n) is 3.32. The van der Waals surface area contributed by atoms with Crippen LogP contribution in [0.3, 0.4) is 0 Å². The van der Waals surface area contributed by atoms with Crippen molar-refractivity contribution in [3.05, 3.63) is 66.9 Å². The summed E-state index contributed by atoms with van der Waals surface area (Å²) in [6, 6.07) is 3.78. The zero-order valence-corrected chi connectivity index (χ0v) is 13.0. The summed E-state index contributed by atoms with van der Waals surface area (Å²) in [5.41, 5.74) is 3.20. The zero-order chi connectivity index (χ0) is 16.2. The highest BCUT2D eigenvalue weighted by Crippen LogP contribution is 2.14. The predicted molar refractivity (Wildman–Crippen MR) is 88.9 cm³/mol. The molecule has 116 valence electrons. The quantitative estimate of drug-likeness (QED) is 0.798. The minimum Gasteiger partial charge on any atom is -0.336 e. The molecule has 0 spiro atoms. The first-order valence-electron chi connectivity index (χ1n) is 7.05. The number of aromatic nitrogens is 5. The van der Waals surface area contributed by atoms with Crippen molar-refractivity contribution in [1.82, 2.24) is 24.3 Å². The van der Waals surface area contributed by atoms with E-state index in [4.69, 9.17) is 0 Å². The maximum absolute atomic E-state index is 4.37. The van der Waals surface area contributed by atoms with Gasteiger partial charge in [0.25, 0.3) is 0 Å². The summed E-state index contributed by atoms with van der Waals surface area (Å²) in [7, 11) is 3.59. The van der Waals surface area contributed by atoms with E-state index in [0.717, 1.165) is 16.9 Å². The van der Waals surface area contributed by atoms with Crippen LogP contribution >= 0.6 is 0 Å². The van der Waals surface area contributed by atoms with E-state index in [9.17, 15) is 0 Å². The molecule has 0 aromatic carbocycles. The first kappa shape index (κ1) is 14.7. The molecule has 0 aliphatic heterocycles. The third-order valence-corrected chi connectivity index (χ3v) is 3.32. The molecule has 3 aromatic heterocycles. The summed E-state index contributed by atoms with van der Waals surface area (Å²) in [6.07, 6.45) is 10.7. The normalized spacial score (nSPS) is 11.5. The highest BCUT2D eigenvalue weighted by atomic mass is 15.2. The van der Waals surface area contributed by atoms with Crippen LogP contribution in [0.25, 0.3) is 5.70 Å². The van der Waals surface area contributed by atoms with Gasteiger partial charge in [0.2, 0.25) is 0 Å². The van der Waals surface area contributed by atoms with Crippen LogP contribution in [-0.4, -0.2) is 31.4 Å². The van der Waals surface area contributed by atoms with Crippen molar-refractivity contribution in [2.45, 2.75) is 0 Å². The lowest BCUT2D eigenvalue weighted by Crippen LogP contribution is -2.24. The standard InChI is InChI=1S/C16H17N7/c1-12(13-9-20-22(3)11-13)23-8-7-19-15(16(23)17-2)21-14-5-4-6-18-10-14/h4-11H,1H2,2-3H3,(H,19,21). The summed E-state index contributed by atoms with van der Waals surface area (Å²) in [6.45, 7) is 4.15. The number of hydrogen-bond acceptors (Lipinski definition) is 5. The molecule has 0 saturated heterocycles. The monoisotopic (exact) mass is 307 g/mol. The molecule has 0 fully saturated rings. The van der Waals surface area contributed by atoms with E-state index in [1.54, 1.807) is 36.5 Å². The van der Waals surface area contributed by atoms with Gasteiger partial charge in [0, 0.05) is 44.4 Å². The Kier molecular flexibility index (Phi) is 4.01. The smallest absolute Gasteiger partial charge is 0.175 e. The van der Waals surface area contributed by atoms with E-state index < -0.39 is 0 Å². The lowest BCUT2D eigenvalue weighted by atomic mass is 10.3. The van der Waals surface area contributed by atoms with Crippen LogP contribution in [0.15, 0.2) is 60.9 Å². The van der Waals surface area contributed by atoms with Gasteiger partial charge in [-0.25, -0.2) is 4.98 Å². The number of aryl methyl sites for hydroxylation is 1. The molecule has 7 heteroatoms. The molecular formula is C16H17N7. The second-order valence-corrected chi connectivity index (χ2v) is 4.91. The molecule has 3 heterocycles. The van der Waals surface area contributed by atoms with Crippen LogP contribution in [0.4, 0.5) is 11.5 Å². The summed E-state index contributed by atoms with van der Waals surface area (Å²) in [5.74, 6) is 0.632. The Morgan fingerprint density at radius 1 is 1.30 bits per heavy atom. The van der Waals surface area contributed by atoms with Gasteiger partial charge in [-0.1, -0.05) is 6.58 Å². The van der Waals surface area contributed by atoms with Gasteiger partial charge >= 0.3 is 0 Å². The lowest BCUT2D eigenvalue weighted by molar-refractivity contribution is 0.767. The van der Waals surface area contributed by atoms with Crippen LogP contribution in [0.1, 0.15) is 5.56 Å². The van der Waals surface area contributed by atoms with E-state index in [-0.39, 0.29) is 0 Å². The Morgan fingerprint density at radius 2 is 2.17 bits per heavy atom. The van der Waals surface area contributed by atoms with Crippen molar-refractivity contribution in [1.29, 1.82) is 0 Å². The average molecular weight is 307 g/mol. The minimum atomic E-state index is 0.632. The largest absolute Gasteiger partial charge is 0.336 e. The van der Waals surface area contributed by atoms with Crippen LogP contribution in [0.2, 0.25) is 0 Å². The molecule has 0 saturated carbocycles. The number of nitrogens with one attached hydrogen (secondary N) is 1. The Hall–Kier alpha value is -3.22. The molecule has 7 nitrogen and oxygen atoms in total. The maximum atomic E-state index is 4.37. The highest BCUT2D eigenvalue weighted by Gasteiger charge is 2.08. The van der Waals surface area contributed by atoms with Crippen LogP contribution in [0.5, 0.6) is 0 Å². The van der Waals surface area contributed by atoms with Crippen molar-refractivity contribution in [3.63, 3.8) is 0 Å². The Balaban J connectivity index is 2.02. The van der Waals surface area contributed by atoms with Crippen molar-refractivity contribution in [2.24, 2.45) is 12.0 Å². The van der Waals surface area contributed by atoms with Gasteiger partial charge in [0.15, 0.2) is 11.3 Å².